The van der Waals surface area contributed by atoms with Gasteiger partial charge in [-0.15, -0.1) is 0 Å². The van der Waals surface area contributed by atoms with Crippen LogP contribution >= 0.6 is 0 Å². The molecule has 0 bridgehead atoms. The second-order valence-electron chi connectivity index (χ2n) is 2.86. The predicted molar refractivity (Wildman–Crippen MR) is 49.5 cm³/mol. The zero-order chi connectivity index (χ0) is 8.53. The Morgan fingerprint density at radius 3 is 2.45 bits per heavy atom. The molecule has 0 aliphatic heterocycles. The van der Waals surface area contributed by atoms with Crippen molar-refractivity contribution in [3.8, 4) is 0 Å². The van der Waals surface area contributed by atoms with Crippen molar-refractivity contribution in [2.75, 3.05) is 0 Å². The lowest BCUT2D eigenvalue weighted by Gasteiger charge is -2.14. The molecule has 0 aromatic heterocycles. The van der Waals surface area contributed by atoms with Gasteiger partial charge in [0.05, 0.1) is 12.4 Å². The summed E-state index contributed by atoms with van der Waals surface area (Å²) in [5.41, 5.74) is 0. The van der Waals surface area contributed by atoms with E-state index in [0.29, 0.717) is 6.10 Å². The molecule has 11 heavy (non-hydrogen) atoms. The lowest BCUT2D eigenvalue weighted by atomic mass is 10.1. The molecule has 0 spiro atoms. The highest BCUT2D eigenvalue weighted by atomic mass is 16.5. The SMILES string of the molecule is C=COC(CCC)CCCC. The van der Waals surface area contributed by atoms with Gasteiger partial charge in [0.1, 0.15) is 0 Å². The lowest BCUT2D eigenvalue weighted by Crippen LogP contribution is -2.08. The average molecular weight is 156 g/mol. The van der Waals surface area contributed by atoms with E-state index in [2.05, 4.69) is 20.4 Å². The lowest BCUT2D eigenvalue weighted by molar-refractivity contribution is 0.124. The fourth-order valence-corrected chi connectivity index (χ4v) is 1.17. The number of ether oxygens (including phenoxy) is 1. The molecule has 0 aliphatic rings. The first-order chi connectivity index (χ1) is 5.35. The molecule has 66 valence electrons. The van der Waals surface area contributed by atoms with E-state index in [1.165, 1.54) is 25.7 Å². The summed E-state index contributed by atoms with van der Waals surface area (Å²) in [6.07, 6.45) is 8.03. The van der Waals surface area contributed by atoms with Crippen molar-refractivity contribution in [2.24, 2.45) is 0 Å². The zero-order valence-corrected chi connectivity index (χ0v) is 7.81. The average Bonchev–Trinajstić information content (AvgIpc) is 2.01. The van der Waals surface area contributed by atoms with Crippen LogP contribution in [0.3, 0.4) is 0 Å². The molecule has 1 unspecified atom stereocenters. The van der Waals surface area contributed by atoms with Crippen molar-refractivity contribution < 1.29 is 4.74 Å². The van der Waals surface area contributed by atoms with Gasteiger partial charge in [-0.3, -0.25) is 0 Å². The van der Waals surface area contributed by atoms with E-state index in [1.807, 2.05) is 0 Å². The van der Waals surface area contributed by atoms with Crippen molar-refractivity contribution in [2.45, 2.75) is 52.1 Å². The Bertz CT molecular complexity index is 88.9. The maximum Gasteiger partial charge on any atom is 0.0978 e. The fraction of sp³-hybridized carbons (Fsp3) is 0.800. The van der Waals surface area contributed by atoms with Crippen molar-refractivity contribution in [3.05, 3.63) is 12.8 Å². The maximum atomic E-state index is 5.35. The molecular formula is C10H20O. The molecule has 0 amide bonds. The third-order valence-corrected chi connectivity index (χ3v) is 1.78. The first-order valence-electron chi connectivity index (χ1n) is 4.61. The van der Waals surface area contributed by atoms with Crippen LogP contribution in [0.2, 0.25) is 0 Å². The number of hydrogen-bond donors (Lipinski definition) is 0. The minimum Gasteiger partial charge on any atom is -0.499 e. The molecule has 0 aromatic carbocycles. The fourth-order valence-electron chi connectivity index (χ4n) is 1.17. The molecular weight excluding hydrogens is 136 g/mol. The third kappa shape index (κ3) is 5.96. The van der Waals surface area contributed by atoms with E-state index >= 15 is 0 Å². The minimum atomic E-state index is 0.414. The van der Waals surface area contributed by atoms with Gasteiger partial charge in [-0.05, 0) is 12.8 Å². The van der Waals surface area contributed by atoms with E-state index in [0.717, 1.165) is 6.42 Å². The second-order valence-corrected chi connectivity index (χ2v) is 2.86. The number of hydrogen-bond acceptors (Lipinski definition) is 1. The molecule has 1 atom stereocenters. The molecule has 1 nitrogen and oxygen atoms in total. The van der Waals surface area contributed by atoms with Gasteiger partial charge in [0.15, 0.2) is 0 Å². The first-order valence-corrected chi connectivity index (χ1v) is 4.61. The zero-order valence-electron chi connectivity index (χ0n) is 7.81. The summed E-state index contributed by atoms with van der Waals surface area (Å²) < 4.78 is 5.35. The van der Waals surface area contributed by atoms with E-state index in [-0.39, 0.29) is 0 Å². The van der Waals surface area contributed by atoms with Crippen molar-refractivity contribution in [3.63, 3.8) is 0 Å². The van der Waals surface area contributed by atoms with Gasteiger partial charge in [-0.2, -0.15) is 0 Å². The van der Waals surface area contributed by atoms with Gasteiger partial charge in [0.2, 0.25) is 0 Å². The molecule has 0 saturated carbocycles. The second kappa shape index (κ2) is 7.64. The smallest absolute Gasteiger partial charge is 0.0978 e. The van der Waals surface area contributed by atoms with E-state index in [1.54, 1.807) is 6.26 Å². The van der Waals surface area contributed by atoms with Crippen LogP contribution in [0, 0.1) is 0 Å². The summed E-state index contributed by atoms with van der Waals surface area (Å²) in [5.74, 6) is 0. The number of unbranched alkanes of at least 4 members (excludes halogenated alkanes) is 1. The van der Waals surface area contributed by atoms with E-state index < -0.39 is 0 Å². The Labute approximate surface area is 70.4 Å². The van der Waals surface area contributed by atoms with Gasteiger partial charge >= 0.3 is 0 Å². The molecule has 1 heteroatoms. The molecule has 0 heterocycles. The summed E-state index contributed by atoms with van der Waals surface area (Å²) >= 11 is 0. The highest BCUT2D eigenvalue weighted by Crippen LogP contribution is 2.10. The van der Waals surface area contributed by atoms with Crippen LogP contribution in [-0.4, -0.2) is 6.10 Å². The summed E-state index contributed by atoms with van der Waals surface area (Å²) in [4.78, 5) is 0. The van der Waals surface area contributed by atoms with Gasteiger partial charge in [0, 0.05) is 0 Å². The van der Waals surface area contributed by atoms with Crippen molar-refractivity contribution in [1.29, 1.82) is 0 Å². The highest BCUT2D eigenvalue weighted by Gasteiger charge is 2.04. The standard InChI is InChI=1S/C10H20O/c1-4-7-9-10(8-5-2)11-6-3/h6,10H,3-5,7-9H2,1-2H3. The quantitative estimate of drug-likeness (QED) is 0.512. The predicted octanol–water partition coefficient (Wildman–Crippen LogP) is 3.51. The van der Waals surface area contributed by atoms with Crippen LogP contribution in [-0.2, 0) is 4.74 Å². The molecule has 0 fully saturated rings. The van der Waals surface area contributed by atoms with Crippen LogP contribution in [0.15, 0.2) is 12.8 Å². The summed E-state index contributed by atoms with van der Waals surface area (Å²) in [5, 5.41) is 0. The molecule has 0 aliphatic carbocycles. The Morgan fingerprint density at radius 1 is 1.27 bits per heavy atom. The maximum absolute atomic E-state index is 5.35. The first kappa shape index (κ1) is 10.5. The Hall–Kier alpha value is -0.460. The largest absolute Gasteiger partial charge is 0.499 e. The normalized spacial score (nSPS) is 12.5. The molecule has 0 rings (SSSR count). The van der Waals surface area contributed by atoms with E-state index in [9.17, 15) is 0 Å². The summed E-state index contributed by atoms with van der Waals surface area (Å²) in [6, 6.07) is 0. The molecule has 0 radical (unpaired) electrons. The monoisotopic (exact) mass is 156 g/mol. The molecule has 0 N–H and O–H groups in total. The minimum absolute atomic E-state index is 0.414. The van der Waals surface area contributed by atoms with Crippen LogP contribution in [0.4, 0.5) is 0 Å². The Balaban J connectivity index is 3.41. The van der Waals surface area contributed by atoms with Crippen LogP contribution in [0.1, 0.15) is 46.0 Å². The molecule has 0 aromatic rings. The van der Waals surface area contributed by atoms with Gasteiger partial charge in [0.25, 0.3) is 0 Å². The van der Waals surface area contributed by atoms with Gasteiger partial charge < -0.3 is 4.74 Å². The summed E-state index contributed by atoms with van der Waals surface area (Å²) in [6.45, 7) is 7.96. The Kier molecular flexibility index (Phi) is 7.33. The third-order valence-electron chi connectivity index (χ3n) is 1.78. The van der Waals surface area contributed by atoms with Crippen molar-refractivity contribution in [1.82, 2.24) is 0 Å². The van der Waals surface area contributed by atoms with Gasteiger partial charge in [-0.25, -0.2) is 0 Å². The van der Waals surface area contributed by atoms with Gasteiger partial charge in [-0.1, -0.05) is 39.7 Å². The number of rotatable bonds is 7. The van der Waals surface area contributed by atoms with Crippen LogP contribution in [0.25, 0.3) is 0 Å². The van der Waals surface area contributed by atoms with Crippen molar-refractivity contribution >= 4 is 0 Å². The van der Waals surface area contributed by atoms with Crippen LogP contribution in [0.5, 0.6) is 0 Å². The van der Waals surface area contributed by atoms with Crippen LogP contribution < -0.4 is 0 Å². The molecule has 0 saturated heterocycles. The Morgan fingerprint density at radius 2 is 2.00 bits per heavy atom. The highest BCUT2D eigenvalue weighted by molar-refractivity contribution is 4.61. The topological polar surface area (TPSA) is 9.23 Å². The summed E-state index contributed by atoms with van der Waals surface area (Å²) in [7, 11) is 0. The van der Waals surface area contributed by atoms with E-state index in [4.69, 9.17) is 4.74 Å².